The van der Waals surface area contributed by atoms with Crippen molar-refractivity contribution in [3.05, 3.63) is 63.4 Å². The number of hydrogen-bond acceptors (Lipinski definition) is 7. The molecule has 1 aliphatic carbocycles. The number of alkyl halides is 3. The number of aromatic amines is 2. The molecule has 40 heavy (non-hydrogen) atoms. The van der Waals surface area contributed by atoms with Crippen molar-refractivity contribution in [3.63, 3.8) is 0 Å². The number of carbonyl (C=O) groups excluding carboxylic acids is 1. The third-order valence-electron chi connectivity index (χ3n) is 6.81. The van der Waals surface area contributed by atoms with E-state index >= 15 is 0 Å². The molecule has 5 rings (SSSR count). The van der Waals surface area contributed by atoms with Gasteiger partial charge in [-0.1, -0.05) is 49.6 Å². The molecule has 2 aromatic heterocycles. The highest BCUT2D eigenvalue weighted by Crippen LogP contribution is 2.40. The summed E-state index contributed by atoms with van der Waals surface area (Å²) < 4.78 is 67.0. The Bertz CT molecular complexity index is 1720. The second-order valence-corrected chi connectivity index (χ2v) is 12.3. The van der Waals surface area contributed by atoms with Crippen molar-refractivity contribution in [2.24, 2.45) is 5.92 Å². The molecular weight excluding hydrogens is 569 g/mol. The van der Waals surface area contributed by atoms with Crippen molar-refractivity contribution < 1.29 is 26.4 Å². The minimum atomic E-state index is -4.74. The first-order chi connectivity index (χ1) is 18.9. The van der Waals surface area contributed by atoms with Crippen molar-refractivity contribution >= 4 is 38.0 Å². The number of sulfonamides is 1. The van der Waals surface area contributed by atoms with Gasteiger partial charge >= 0.3 is 11.9 Å². The van der Waals surface area contributed by atoms with Crippen LogP contribution < -0.4 is 15.7 Å². The molecule has 4 N–H and O–H groups in total. The van der Waals surface area contributed by atoms with E-state index in [4.69, 9.17) is 0 Å². The van der Waals surface area contributed by atoms with E-state index < -0.39 is 33.8 Å². The normalized spacial score (nSPS) is 15.2. The molecule has 1 aliphatic rings. The molecule has 0 bridgehead atoms. The molecule has 1 amide bonds. The minimum absolute atomic E-state index is 0.0245. The number of halogens is 3. The molecule has 0 spiro atoms. The molecule has 0 unspecified atom stereocenters. The molecule has 212 valence electrons. The number of amides is 1. The average Bonchev–Trinajstić information content (AvgIpc) is 3.49. The number of nitrogens with zero attached hydrogens (tertiary/aromatic N) is 2. The molecule has 2 heterocycles. The quantitative estimate of drug-likeness (QED) is 0.231. The summed E-state index contributed by atoms with van der Waals surface area (Å²) in [6.45, 7) is 0.720. The van der Waals surface area contributed by atoms with Crippen LogP contribution in [-0.4, -0.2) is 46.7 Å². The Labute approximate surface area is 230 Å². The third kappa shape index (κ3) is 5.81. The Balaban J connectivity index is 1.53. The largest absolute Gasteiger partial charge is 0.404 e. The van der Waals surface area contributed by atoms with Crippen LogP contribution in [0.2, 0.25) is 0 Å². The fourth-order valence-corrected chi connectivity index (χ4v) is 6.95. The van der Waals surface area contributed by atoms with Crippen molar-refractivity contribution in [1.82, 2.24) is 30.2 Å². The number of benzene rings is 2. The molecule has 0 radical (unpaired) electrons. The maximum absolute atomic E-state index is 13.1. The van der Waals surface area contributed by atoms with Crippen LogP contribution >= 0.6 is 11.3 Å². The maximum atomic E-state index is 13.1. The summed E-state index contributed by atoms with van der Waals surface area (Å²) >= 11 is 1.14. The summed E-state index contributed by atoms with van der Waals surface area (Å²) in [7, 11) is -4.51. The number of carbonyl (C=O) groups is 1. The number of nitrogens with one attached hydrogen (secondary N) is 4. The predicted molar refractivity (Wildman–Crippen MR) is 142 cm³/mol. The Morgan fingerprint density at radius 2 is 1.90 bits per heavy atom. The maximum Gasteiger partial charge on any atom is 0.404 e. The summed E-state index contributed by atoms with van der Waals surface area (Å²) in [5, 5.41) is 9.60. The Morgan fingerprint density at radius 1 is 1.18 bits per heavy atom. The molecule has 10 nitrogen and oxygen atoms in total. The zero-order chi connectivity index (χ0) is 28.7. The predicted octanol–water partition coefficient (Wildman–Crippen LogP) is 3.88. The van der Waals surface area contributed by atoms with E-state index in [1.165, 1.54) is 12.1 Å². The first-order valence-corrected chi connectivity index (χ1v) is 14.7. The van der Waals surface area contributed by atoms with Crippen LogP contribution in [0.25, 0.3) is 21.2 Å². The van der Waals surface area contributed by atoms with Crippen molar-refractivity contribution in [1.29, 1.82) is 0 Å². The first kappa shape index (κ1) is 28.0. The van der Waals surface area contributed by atoms with Gasteiger partial charge in [-0.25, -0.2) is 23.3 Å². The van der Waals surface area contributed by atoms with Crippen LogP contribution in [0.1, 0.15) is 47.5 Å². The molecule has 0 aliphatic heterocycles. The molecule has 4 aromatic rings. The summed E-state index contributed by atoms with van der Waals surface area (Å²) in [4.78, 5) is 31.7. The van der Waals surface area contributed by atoms with Crippen LogP contribution in [0, 0.1) is 5.92 Å². The Hall–Kier alpha value is -3.56. The third-order valence-corrected chi connectivity index (χ3v) is 9.53. The van der Waals surface area contributed by atoms with Crippen LogP contribution in [0.5, 0.6) is 0 Å². The summed E-state index contributed by atoms with van der Waals surface area (Å²) in [5.41, 5.74) is 0.822. The SMILES string of the molecule is C[C@H](NS(=O)(=O)c1ccc(-c2sc(C(=O)NCc3n[nH]c(=O)[nH]3)nc2CC2CCC2)c2ccccc12)C(F)(F)F. The second-order valence-electron chi connectivity index (χ2n) is 9.64. The van der Waals surface area contributed by atoms with Crippen molar-refractivity contribution in [3.8, 4) is 10.4 Å². The van der Waals surface area contributed by atoms with Crippen molar-refractivity contribution in [2.75, 3.05) is 0 Å². The van der Waals surface area contributed by atoms with Gasteiger partial charge in [0.05, 0.1) is 22.0 Å². The number of thiazole rings is 1. The van der Waals surface area contributed by atoms with Crippen LogP contribution in [0.3, 0.4) is 0 Å². The highest BCUT2D eigenvalue weighted by molar-refractivity contribution is 7.89. The van der Waals surface area contributed by atoms with Gasteiger partial charge in [-0.2, -0.15) is 23.0 Å². The standard InChI is InChI=1S/C25H25F3N6O4S2/c1-13(25(26,27)28)34-40(37,38)19-10-9-17(15-7-2-3-8-16(15)19)21-18(11-14-5-4-6-14)30-23(39-21)22(35)29-12-20-31-24(36)33-32-20/h2-3,7-10,13-14,34H,4-6,11-12H2,1H3,(H,29,35)(H2,31,32,33,36)/t13-/m0/s1. The number of rotatable bonds is 9. The molecule has 0 saturated heterocycles. The van der Waals surface area contributed by atoms with Gasteiger partial charge in [0.15, 0.2) is 5.01 Å². The second kappa shape index (κ2) is 10.8. The number of aromatic nitrogens is 4. The molecule has 2 aromatic carbocycles. The van der Waals surface area contributed by atoms with E-state index in [1.807, 2.05) is 0 Å². The fourth-order valence-electron chi connectivity index (χ4n) is 4.46. The van der Waals surface area contributed by atoms with Crippen LogP contribution in [-0.2, 0) is 23.0 Å². The van der Waals surface area contributed by atoms with Gasteiger partial charge < -0.3 is 5.32 Å². The molecule has 1 fully saturated rings. The summed E-state index contributed by atoms with van der Waals surface area (Å²) in [6.07, 6.45) is -0.938. The van der Waals surface area contributed by atoms with E-state index in [-0.39, 0.29) is 27.7 Å². The van der Waals surface area contributed by atoms with Gasteiger partial charge in [-0.3, -0.25) is 9.78 Å². The number of H-pyrrole nitrogens is 2. The smallest absolute Gasteiger partial charge is 0.343 e. The van der Waals surface area contributed by atoms with Crippen LogP contribution in [0.15, 0.2) is 46.1 Å². The monoisotopic (exact) mass is 594 g/mol. The van der Waals surface area contributed by atoms with Gasteiger partial charge in [0.25, 0.3) is 5.91 Å². The highest BCUT2D eigenvalue weighted by Gasteiger charge is 2.39. The molecular formula is C25H25F3N6O4S2. The average molecular weight is 595 g/mol. The van der Waals surface area contributed by atoms with E-state index in [0.29, 0.717) is 33.9 Å². The zero-order valence-electron chi connectivity index (χ0n) is 21.1. The van der Waals surface area contributed by atoms with Gasteiger partial charge in [0.1, 0.15) is 11.9 Å². The summed E-state index contributed by atoms with van der Waals surface area (Å²) in [6, 6.07) is 7.10. The van der Waals surface area contributed by atoms with E-state index in [2.05, 4.69) is 25.5 Å². The molecule has 1 saturated carbocycles. The van der Waals surface area contributed by atoms with Crippen LogP contribution in [0.4, 0.5) is 13.2 Å². The van der Waals surface area contributed by atoms with Gasteiger partial charge in [-0.15, -0.1) is 11.3 Å². The first-order valence-electron chi connectivity index (χ1n) is 12.4. The topological polar surface area (TPSA) is 150 Å². The number of fused-ring (bicyclic) bond motifs is 1. The Morgan fingerprint density at radius 3 is 2.52 bits per heavy atom. The number of hydrogen-bond donors (Lipinski definition) is 4. The highest BCUT2D eigenvalue weighted by atomic mass is 32.2. The fraction of sp³-hybridized carbons (Fsp3) is 0.360. The van der Waals surface area contributed by atoms with Crippen molar-refractivity contribution in [2.45, 2.75) is 56.3 Å². The molecule has 15 heteroatoms. The van der Waals surface area contributed by atoms with Gasteiger partial charge in [0, 0.05) is 10.9 Å². The molecule has 1 atom stereocenters. The lowest BCUT2D eigenvalue weighted by atomic mass is 9.81. The summed E-state index contributed by atoms with van der Waals surface area (Å²) in [5.74, 6) is 0.190. The Kier molecular flexibility index (Phi) is 7.54. The van der Waals surface area contributed by atoms with E-state index in [1.54, 1.807) is 29.0 Å². The van der Waals surface area contributed by atoms with E-state index in [9.17, 15) is 31.2 Å². The van der Waals surface area contributed by atoms with Gasteiger partial charge in [0.2, 0.25) is 10.0 Å². The minimum Gasteiger partial charge on any atom is -0.343 e. The lowest BCUT2D eigenvalue weighted by Crippen LogP contribution is -2.43. The lowest BCUT2D eigenvalue weighted by Gasteiger charge is -2.24. The zero-order valence-corrected chi connectivity index (χ0v) is 22.8. The van der Waals surface area contributed by atoms with E-state index in [0.717, 1.165) is 37.5 Å². The van der Waals surface area contributed by atoms with Gasteiger partial charge in [-0.05, 0) is 30.7 Å². The lowest BCUT2D eigenvalue weighted by molar-refractivity contribution is -0.147.